The van der Waals surface area contributed by atoms with Gasteiger partial charge in [0.05, 0.1) is 0 Å². The van der Waals surface area contributed by atoms with E-state index in [0.717, 1.165) is 0 Å². The van der Waals surface area contributed by atoms with Crippen LogP contribution in [-0.4, -0.2) is 36.1 Å². The van der Waals surface area contributed by atoms with Crippen molar-refractivity contribution < 1.29 is 9.90 Å². The Morgan fingerprint density at radius 3 is 1.14 bits per heavy atom. The second-order valence-corrected chi connectivity index (χ2v) is 6.13. The molecule has 0 unspecified atom stereocenters. The predicted molar refractivity (Wildman–Crippen MR) is 97.6 cm³/mol. The van der Waals surface area contributed by atoms with Crippen LogP contribution in [0.4, 0.5) is 0 Å². The summed E-state index contributed by atoms with van der Waals surface area (Å²) in [6, 6.07) is 0. The fourth-order valence-electron chi connectivity index (χ4n) is 2.62. The highest BCUT2D eigenvalue weighted by Gasteiger charge is 2.04. The molecule has 0 saturated carbocycles. The van der Waals surface area contributed by atoms with Gasteiger partial charge in [-0.3, -0.25) is 4.79 Å². The van der Waals surface area contributed by atoms with E-state index in [4.69, 9.17) is 9.90 Å². The van der Waals surface area contributed by atoms with E-state index >= 15 is 0 Å². The number of carboxylic acid groups (broad SMARTS) is 1. The molecule has 0 bridgehead atoms. The standard InChI is InChI=1S/C18H39N.CH2O2/c1-4-7-10-13-16-19(17-14-11-8-5-2)18-15-12-9-6-3;2-1-3/h4-18H2,1-3H3;1H,(H,2,3). The maximum absolute atomic E-state index is 8.36. The van der Waals surface area contributed by atoms with E-state index in [1.165, 1.54) is 96.7 Å². The summed E-state index contributed by atoms with van der Waals surface area (Å²) in [5.41, 5.74) is 0. The van der Waals surface area contributed by atoms with E-state index in [1.807, 2.05) is 0 Å². The van der Waals surface area contributed by atoms with Gasteiger partial charge in [0, 0.05) is 0 Å². The summed E-state index contributed by atoms with van der Waals surface area (Å²) in [4.78, 5) is 11.1. The number of unbranched alkanes of at least 4 members (excludes halogenated alkanes) is 9. The molecule has 3 heteroatoms. The third-order valence-corrected chi connectivity index (χ3v) is 3.98. The Kier molecular flexibility index (Phi) is 24.5. The van der Waals surface area contributed by atoms with Gasteiger partial charge in [0.1, 0.15) is 0 Å². The second kappa shape index (κ2) is 22.7. The average Bonchev–Trinajstić information content (AvgIpc) is 2.52. The van der Waals surface area contributed by atoms with Crippen molar-refractivity contribution in [2.75, 3.05) is 19.6 Å². The van der Waals surface area contributed by atoms with Gasteiger partial charge >= 0.3 is 0 Å². The van der Waals surface area contributed by atoms with Gasteiger partial charge in [0.25, 0.3) is 6.47 Å². The first-order valence-electron chi connectivity index (χ1n) is 9.56. The number of rotatable bonds is 15. The van der Waals surface area contributed by atoms with Crippen molar-refractivity contribution in [1.82, 2.24) is 4.90 Å². The first kappa shape index (κ1) is 23.7. The zero-order valence-electron chi connectivity index (χ0n) is 15.5. The first-order valence-corrected chi connectivity index (χ1v) is 9.56. The lowest BCUT2D eigenvalue weighted by atomic mass is 10.1. The van der Waals surface area contributed by atoms with Crippen LogP contribution in [0.15, 0.2) is 0 Å². The lowest BCUT2D eigenvalue weighted by Gasteiger charge is -2.22. The number of carbonyl (C=O) groups is 1. The smallest absolute Gasteiger partial charge is 0.290 e. The normalized spacial score (nSPS) is 10.4. The Bertz CT molecular complexity index is 169. The molecule has 134 valence electrons. The quantitative estimate of drug-likeness (QED) is 0.310. The molecule has 22 heavy (non-hydrogen) atoms. The molecule has 0 heterocycles. The molecule has 0 radical (unpaired) electrons. The molecule has 0 spiro atoms. The first-order chi connectivity index (χ1) is 10.8. The van der Waals surface area contributed by atoms with Crippen molar-refractivity contribution in [2.24, 2.45) is 0 Å². The lowest BCUT2D eigenvalue weighted by Crippen LogP contribution is -2.27. The van der Waals surface area contributed by atoms with E-state index < -0.39 is 0 Å². The molecule has 0 amide bonds. The summed E-state index contributed by atoms with van der Waals surface area (Å²) in [6.45, 7) is 10.7. The van der Waals surface area contributed by atoms with E-state index in [0.29, 0.717) is 0 Å². The van der Waals surface area contributed by atoms with Crippen molar-refractivity contribution in [3.8, 4) is 0 Å². The minimum atomic E-state index is -0.250. The van der Waals surface area contributed by atoms with Crippen LogP contribution in [0.25, 0.3) is 0 Å². The summed E-state index contributed by atoms with van der Waals surface area (Å²) in [5.74, 6) is 0. The van der Waals surface area contributed by atoms with Crippen molar-refractivity contribution in [2.45, 2.75) is 97.8 Å². The van der Waals surface area contributed by atoms with Gasteiger partial charge < -0.3 is 10.0 Å². The fourth-order valence-corrected chi connectivity index (χ4v) is 2.62. The van der Waals surface area contributed by atoms with Crippen LogP contribution < -0.4 is 0 Å². The van der Waals surface area contributed by atoms with E-state index in [-0.39, 0.29) is 6.47 Å². The molecule has 0 atom stereocenters. The molecule has 0 aromatic carbocycles. The SMILES string of the molecule is CCCCCCN(CCCCCC)CCCCCC.O=CO. The Morgan fingerprint density at radius 1 is 0.636 bits per heavy atom. The highest BCUT2D eigenvalue weighted by atomic mass is 16.3. The van der Waals surface area contributed by atoms with Crippen LogP contribution in [0.3, 0.4) is 0 Å². The Hall–Kier alpha value is -0.570. The van der Waals surface area contributed by atoms with Crippen molar-refractivity contribution >= 4 is 6.47 Å². The Balaban J connectivity index is 0. The Morgan fingerprint density at radius 2 is 0.909 bits per heavy atom. The van der Waals surface area contributed by atoms with Gasteiger partial charge in [-0.15, -0.1) is 0 Å². The molecule has 0 saturated heterocycles. The van der Waals surface area contributed by atoms with Crippen LogP contribution in [0, 0.1) is 0 Å². The van der Waals surface area contributed by atoms with Gasteiger partial charge in [0.2, 0.25) is 0 Å². The molecule has 0 aromatic heterocycles. The third-order valence-electron chi connectivity index (χ3n) is 3.98. The fraction of sp³-hybridized carbons (Fsp3) is 0.947. The molecule has 0 rings (SSSR count). The van der Waals surface area contributed by atoms with Crippen molar-refractivity contribution in [1.29, 1.82) is 0 Å². The van der Waals surface area contributed by atoms with E-state index in [9.17, 15) is 0 Å². The van der Waals surface area contributed by atoms with Gasteiger partial charge in [0.15, 0.2) is 0 Å². The van der Waals surface area contributed by atoms with Crippen LogP contribution in [0.2, 0.25) is 0 Å². The average molecular weight is 316 g/mol. The minimum Gasteiger partial charge on any atom is -0.483 e. The van der Waals surface area contributed by atoms with Crippen LogP contribution >= 0.6 is 0 Å². The highest BCUT2D eigenvalue weighted by Crippen LogP contribution is 2.08. The summed E-state index contributed by atoms with van der Waals surface area (Å²) < 4.78 is 0. The minimum absolute atomic E-state index is 0.250. The number of nitrogens with zero attached hydrogens (tertiary/aromatic N) is 1. The van der Waals surface area contributed by atoms with E-state index in [2.05, 4.69) is 25.7 Å². The molecule has 0 aliphatic rings. The molecule has 0 aromatic rings. The summed E-state index contributed by atoms with van der Waals surface area (Å²) in [6.07, 6.45) is 16.8. The topological polar surface area (TPSA) is 40.5 Å². The maximum Gasteiger partial charge on any atom is 0.290 e. The lowest BCUT2D eigenvalue weighted by molar-refractivity contribution is -0.122. The van der Waals surface area contributed by atoms with Gasteiger partial charge in [-0.1, -0.05) is 78.6 Å². The van der Waals surface area contributed by atoms with E-state index in [1.54, 1.807) is 0 Å². The van der Waals surface area contributed by atoms with Gasteiger partial charge in [-0.05, 0) is 38.9 Å². The van der Waals surface area contributed by atoms with Crippen LogP contribution in [0.1, 0.15) is 97.8 Å². The van der Waals surface area contributed by atoms with Crippen molar-refractivity contribution in [3.05, 3.63) is 0 Å². The summed E-state index contributed by atoms with van der Waals surface area (Å²) >= 11 is 0. The Labute approximate surface area is 139 Å². The molecular formula is C19H41NO2. The van der Waals surface area contributed by atoms with Gasteiger partial charge in [-0.25, -0.2) is 0 Å². The largest absolute Gasteiger partial charge is 0.483 e. The number of hydrogen-bond donors (Lipinski definition) is 1. The monoisotopic (exact) mass is 315 g/mol. The zero-order chi connectivity index (χ0) is 16.9. The number of hydrogen-bond acceptors (Lipinski definition) is 2. The second-order valence-electron chi connectivity index (χ2n) is 6.13. The molecule has 1 N–H and O–H groups in total. The third kappa shape index (κ3) is 21.7. The van der Waals surface area contributed by atoms with Crippen LogP contribution in [-0.2, 0) is 4.79 Å². The van der Waals surface area contributed by atoms with Crippen molar-refractivity contribution in [3.63, 3.8) is 0 Å². The molecule has 3 nitrogen and oxygen atoms in total. The molecular weight excluding hydrogens is 274 g/mol. The highest BCUT2D eigenvalue weighted by molar-refractivity contribution is 5.32. The predicted octanol–water partition coefficient (Wildman–Crippen LogP) is 5.73. The van der Waals surface area contributed by atoms with Crippen LogP contribution in [0.5, 0.6) is 0 Å². The molecule has 0 aliphatic heterocycles. The molecule has 0 aliphatic carbocycles. The summed E-state index contributed by atoms with van der Waals surface area (Å²) in [5, 5.41) is 6.89. The summed E-state index contributed by atoms with van der Waals surface area (Å²) in [7, 11) is 0. The van der Waals surface area contributed by atoms with Gasteiger partial charge in [-0.2, -0.15) is 0 Å². The maximum atomic E-state index is 8.36. The molecule has 0 fully saturated rings. The zero-order valence-corrected chi connectivity index (χ0v) is 15.5.